The van der Waals surface area contributed by atoms with Crippen molar-refractivity contribution >= 4 is 5.69 Å². The van der Waals surface area contributed by atoms with E-state index in [0.29, 0.717) is 6.04 Å². The second-order valence-electron chi connectivity index (χ2n) is 3.66. The van der Waals surface area contributed by atoms with E-state index < -0.39 is 0 Å². The second kappa shape index (κ2) is 3.38. The van der Waals surface area contributed by atoms with E-state index in [2.05, 4.69) is 36.1 Å². The van der Waals surface area contributed by atoms with Crippen molar-refractivity contribution in [3.63, 3.8) is 0 Å². The zero-order valence-corrected chi connectivity index (χ0v) is 8.03. The lowest BCUT2D eigenvalue weighted by Crippen LogP contribution is -2.33. The number of benzene rings is 1. The van der Waals surface area contributed by atoms with Gasteiger partial charge in [0, 0.05) is 24.8 Å². The highest BCUT2D eigenvalue weighted by Crippen LogP contribution is 2.30. The van der Waals surface area contributed by atoms with Crippen molar-refractivity contribution in [2.45, 2.75) is 19.4 Å². The molecule has 1 aliphatic heterocycles. The first-order chi connectivity index (χ1) is 6.33. The maximum Gasteiger partial charge on any atom is 0.0402 e. The molecule has 0 bridgehead atoms. The van der Waals surface area contributed by atoms with Crippen LogP contribution in [0.2, 0.25) is 0 Å². The van der Waals surface area contributed by atoms with Gasteiger partial charge in [0.15, 0.2) is 0 Å². The summed E-state index contributed by atoms with van der Waals surface area (Å²) >= 11 is 0. The summed E-state index contributed by atoms with van der Waals surface area (Å²) in [6.07, 6.45) is 1.16. The normalized spacial score (nSPS) is 20.5. The number of para-hydroxylation sites is 1. The first-order valence-electron chi connectivity index (χ1n) is 4.87. The van der Waals surface area contributed by atoms with Crippen LogP contribution in [0.3, 0.4) is 0 Å². The van der Waals surface area contributed by atoms with E-state index in [1.165, 1.54) is 11.3 Å². The third kappa shape index (κ3) is 1.42. The minimum Gasteiger partial charge on any atom is -0.367 e. The van der Waals surface area contributed by atoms with Gasteiger partial charge in [-0.3, -0.25) is 0 Å². The fourth-order valence-corrected chi connectivity index (χ4v) is 2.11. The number of nitrogens with two attached hydrogens (primary N) is 1. The van der Waals surface area contributed by atoms with Crippen molar-refractivity contribution in [1.29, 1.82) is 0 Å². The van der Waals surface area contributed by atoms with E-state index in [4.69, 9.17) is 5.73 Å². The van der Waals surface area contributed by atoms with Crippen LogP contribution in [0.1, 0.15) is 12.5 Å². The standard InChI is InChI=1S/C11H16N2/c1-9-8-10-4-2-3-5-11(10)13(9)7-6-12/h2-5,9H,6-8,12H2,1H3/t9-/m1/s1. The average molecular weight is 176 g/mol. The minimum absolute atomic E-state index is 0.612. The van der Waals surface area contributed by atoms with Gasteiger partial charge in [0.25, 0.3) is 0 Å². The maximum absolute atomic E-state index is 5.59. The molecule has 70 valence electrons. The van der Waals surface area contributed by atoms with Gasteiger partial charge >= 0.3 is 0 Å². The summed E-state index contributed by atoms with van der Waals surface area (Å²) in [6, 6.07) is 9.22. The summed E-state index contributed by atoms with van der Waals surface area (Å²) in [5.74, 6) is 0. The van der Waals surface area contributed by atoms with Gasteiger partial charge in [0.2, 0.25) is 0 Å². The quantitative estimate of drug-likeness (QED) is 0.738. The Hall–Kier alpha value is -1.02. The molecule has 0 radical (unpaired) electrons. The van der Waals surface area contributed by atoms with Gasteiger partial charge in [-0.1, -0.05) is 18.2 Å². The molecule has 1 aromatic rings. The van der Waals surface area contributed by atoms with Gasteiger partial charge in [-0.2, -0.15) is 0 Å². The average Bonchev–Trinajstić information content (AvgIpc) is 2.44. The Morgan fingerprint density at radius 3 is 3.00 bits per heavy atom. The van der Waals surface area contributed by atoms with E-state index in [1.54, 1.807) is 0 Å². The molecule has 1 heterocycles. The van der Waals surface area contributed by atoms with Crippen LogP contribution in [-0.2, 0) is 6.42 Å². The molecule has 2 nitrogen and oxygen atoms in total. The van der Waals surface area contributed by atoms with Gasteiger partial charge in [-0.15, -0.1) is 0 Å². The van der Waals surface area contributed by atoms with Crippen molar-refractivity contribution < 1.29 is 0 Å². The number of hydrogen-bond acceptors (Lipinski definition) is 2. The molecule has 2 rings (SSSR count). The maximum atomic E-state index is 5.59. The molecular formula is C11H16N2. The number of anilines is 1. The molecule has 0 saturated heterocycles. The molecule has 1 atom stereocenters. The predicted octanol–water partition coefficient (Wildman–Crippen LogP) is 1.40. The van der Waals surface area contributed by atoms with Crippen molar-refractivity contribution in [3.05, 3.63) is 29.8 Å². The van der Waals surface area contributed by atoms with E-state index in [0.717, 1.165) is 19.5 Å². The highest BCUT2D eigenvalue weighted by molar-refractivity contribution is 5.59. The van der Waals surface area contributed by atoms with Gasteiger partial charge in [-0.25, -0.2) is 0 Å². The molecular weight excluding hydrogens is 160 g/mol. The molecule has 0 fully saturated rings. The highest BCUT2D eigenvalue weighted by Gasteiger charge is 2.24. The lowest BCUT2D eigenvalue weighted by molar-refractivity contribution is 0.674. The molecule has 0 aliphatic carbocycles. The van der Waals surface area contributed by atoms with Crippen LogP contribution in [0.25, 0.3) is 0 Å². The van der Waals surface area contributed by atoms with Crippen LogP contribution in [0.5, 0.6) is 0 Å². The Kier molecular flexibility index (Phi) is 2.23. The van der Waals surface area contributed by atoms with Gasteiger partial charge in [-0.05, 0) is 25.0 Å². The molecule has 0 saturated carbocycles. The number of nitrogens with zero attached hydrogens (tertiary/aromatic N) is 1. The Balaban J connectivity index is 2.29. The minimum atomic E-state index is 0.612. The van der Waals surface area contributed by atoms with E-state index in [1.807, 2.05) is 0 Å². The number of hydrogen-bond donors (Lipinski definition) is 1. The largest absolute Gasteiger partial charge is 0.367 e. The Morgan fingerprint density at radius 2 is 2.23 bits per heavy atom. The number of rotatable bonds is 2. The van der Waals surface area contributed by atoms with Gasteiger partial charge in [0.1, 0.15) is 0 Å². The first kappa shape index (κ1) is 8.57. The zero-order chi connectivity index (χ0) is 9.26. The summed E-state index contributed by atoms with van der Waals surface area (Å²) in [5.41, 5.74) is 8.42. The van der Waals surface area contributed by atoms with E-state index >= 15 is 0 Å². The Morgan fingerprint density at radius 1 is 1.46 bits per heavy atom. The van der Waals surface area contributed by atoms with Crippen molar-refractivity contribution in [2.24, 2.45) is 5.73 Å². The molecule has 0 amide bonds. The third-order valence-electron chi connectivity index (χ3n) is 2.72. The Labute approximate surface area is 79.4 Å². The monoisotopic (exact) mass is 176 g/mol. The molecule has 0 unspecified atom stereocenters. The first-order valence-corrected chi connectivity index (χ1v) is 4.87. The Bertz CT molecular complexity index is 296. The molecule has 1 aliphatic rings. The van der Waals surface area contributed by atoms with Crippen molar-refractivity contribution in [3.8, 4) is 0 Å². The summed E-state index contributed by atoms with van der Waals surface area (Å²) < 4.78 is 0. The van der Waals surface area contributed by atoms with Crippen LogP contribution < -0.4 is 10.6 Å². The highest BCUT2D eigenvalue weighted by atomic mass is 15.2. The van der Waals surface area contributed by atoms with Crippen LogP contribution in [0.15, 0.2) is 24.3 Å². The van der Waals surface area contributed by atoms with Crippen LogP contribution in [0.4, 0.5) is 5.69 Å². The molecule has 0 aromatic heterocycles. The lowest BCUT2D eigenvalue weighted by Gasteiger charge is -2.23. The summed E-state index contributed by atoms with van der Waals surface area (Å²) in [5, 5.41) is 0. The molecule has 0 spiro atoms. The fourth-order valence-electron chi connectivity index (χ4n) is 2.11. The molecule has 2 N–H and O–H groups in total. The van der Waals surface area contributed by atoms with Crippen LogP contribution in [-0.4, -0.2) is 19.1 Å². The van der Waals surface area contributed by atoms with Crippen LogP contribution in [0, 0.1) is 0 Å². The lowest BCUT2D eigenvalue weighted by atomic mass is 10.1. The smallest absolute Gasteiger partial charge is 0.0402 e. The van der Waals surface area contributed by atoms with Crippen molar-refractivity contribution in [1.82, 2.24) is 0 Å². The molecule has 2 heteroatoms. The van der Waals surface area contributed by atoms with Crippen molar-refractivity contribution in [2.75, 3.05) is 18.0 Å². The summed E-state index contributed by atoms with van der Waals surface area (Å²) in [7, 11) is 0. The SMILES string of the molecule is C[C@@H]1Cc2ccccc2N1CCN. The summed E-state index contributed by atoms with van der Waals surface area (Å²) in [6.45, 7) is 3.96. The topological polar surface area (TPSA) is 29.3 Å². The molecule has 1 aromatic carbocycles. The van der Waals surface area contributed by atoms with Crippen LogP contribution >= 0.6 is 0 Å². The summed E-state index contributed by atoms with van der Waals surface area (Å²) in [4.78, 5) is 2.40. The third-order valence-corrected chi connectivity index (χ3v) is 2.72. The fraction of sp³-hybridized carbons (Fsp3) is 0.455. The van der Waals surface area contributed by atoms with E-state index in [9.17, 15) is 0 Å². The van der Waals surface area contributed by atoms with Gasteiger partial charge in [0.05, 0.1) is 0 Å². The number of fused-ring (bicyclic) bond motifs is 1. The molecule has 13 heavy (non-hydrogen) atoms. The van der Waals surface area contributed by atoms with E-state index in [-0.39, 0.29) is 0 Å². The predicted molar refractivity (Wildman–Crippen MR) is 56.0 cm³/mol. The second-order valence-corrected chi connectivity index (χ2v) is 3.66. The van der Waals surface area contributed by atoms with Gasteiger partial charge < -0.3 is 10.6 Å². The zero-order valence-electron chi connectivity index (χ0n) is 8.03.